The second-order valence-electron chi connectivity index (χ2n) is 5.76. The molecule has 0 bridgehead atoms. The van der Waals surface area contributed by atoms with Crippen molar-refractivity contribution in [3.63, 3.8) is 0 Å². The third kappa shape index (κ3) is 2.58. The van der Waals surface area contributed by atoms with Crippen LogP contribution in [0.4, 0.5) is 0 Å². The molecule has 7 nitrogen and oxygen atoms in total. The van der Waals surface area contributed by atoms with Gasteiger partial charge in [-0.05, 0) is 37.8 Å². The van der Waals surface area contributed by atoms with Gasteiger partial charge in [-0.25, -0.2) is 13.2 Å². The van der Waals surface area contributed by atoms with E-state index in [4.69, 9.17) is 5.73 Å². The summed E-state index contributed by atoms with van der Waals surface area (Å²) in [6.07, 6.45) is 4.01. The monoisotopic (exact) mass is 313 g/mol. The zero-order valence-corrected chi connectivity index (χ0v) is 12.4. The highest BCUT2D eigenvalue weighted by Crippen LogP contribution is 2.38. The van der Waals surface area contributed by atoms with Crippen LogP contribution in [-0.4, -0.2) is 48.0 Å². The van der Waals surface area contributed by atoms with Crippen molar-refractivity contribution in [1.82, 2.24) is 8.87 Å². The summed E-state index contributed by atoms with van der Waals surface area (Å²) in [6.45, 7) is 1.33. The third-order valence-electron chi connectivity index (χ3n) is 4.20. The molecule has 1 unspecified atom stereocenters. The smallest absolute Gasteiger partial charge is 0.352 e. The van der Waals surface area contributed by atoms with Crippen LogP contribution in [0.25, 0.3) is 0 Å². The van der Waals surface area contributed by atoms with Gasteiger partial charge >= 0.3 is 5.97 Å². The lowest BCUT2D eigenvalue weighted by atomic mass is 10.1. The summed E-state index contributed by atoms with van der Waals surface area (Å²) in [7, 11) is -3.63. The van der Waals surface area contributed by atoms with Crippen molar-refractivity contribution >= 4 is 16.0 Å². The van der Waals surface area contributed by atoms with E-state index in [0.29, 0.717) is 19.6 Å². The molecule has 1 saturated carbocycles. The highest BCUT2D eigenvalue weighted by atomic mass is 32.2. The lowest BCUT2D eigenvalue weighted by Gasteiger charge is -2.15. The van der Waals surface area contributed by atoms with Gasteiger partial charge in [-0.3, -0.25) is 0 Å². The van der Waals surface area contributed by atoms with E-state index >= 15 is 0 Å². The van der Waals surface area contributed by atoms with Gasteiger partial charge < -0.3 is 15.4 Å². The minimum atomic E-state index is -3.63. The molecule has 0 aromatic carbocycles. The summed E-state index contributed by atoms with van der Waals surface area (Å²) in [5.41, 5.74) is 5.64. The van der Waals surface area contributed by atoms with Crippen LogP contribution < -0.4 is 5.73 Å². The highest BCUT2D eigenvalue weighted by molar-refractivity contribution is 7.89. The van der Waals surface area contributed by atoms with Crippen LogP contribution in [0.15, 0.2) is 17.2 Å². The number of rotatable bonds is 5. The van der Waals surface area contributed by atoms with E-state index in [1.54, 1.807) is 4.57 Å². The fourth-order valence-electron chi connectivity index (χ4n) is 2.78. The van der Waals surface area contributed by atoms with Gasteiger partial charge in [0.25, 0.3) is 0 Å². The average molecular weight is 313 g/mol. The first-order valence-electron chi connectivity index (χ1n) is 7.09. The summed E-state index contributed by atoms with van der Waals surface area (Å²) in [5, 5.41) is 9.22. The molecule has 0 radical (unpaired) electrons. The molecule has 2 fully saturated rings. The minimum Gasteiger partial charge on any atom is -0.477 e. The Balaban J connectivity index is 1.92. The fourth-order valence-corrected chi connectivity index (χ4v) is 4.34. The highest BCUT2D eigenvalue weighted by Gasteiger charge is 2.35. The van der Waals surface area contributed by atoms with Crippen LogP contribution in [0.5, 0.6) is 0 Å². The Hall–Kier alpha value is -1.38. The summed E-state index contributed by atoms with van der Waals surface area (Å²) in [6, 6.07) is 1.39. The van der Waals surface area contributed by atoms with E-state index in [2.05, 4.69) is 0 Å². The van der Waals surface area contributed by atoms with Crippen molar-refractivity contribution in [2.75, 3.05) is 19.6 Å². The quantitative estimate of drug-likeness (QED) is 0.823. The number of sulfonamides is 1. The van der Waals surface area contributed by atoms with Gasteiger partial charge in [0, 0.05) is 25.3 Å². The largest absolute Gasteiger partial charge is 0.477 e. The second kappa shape index (κ2) is 5.11. The minimum absolute atomic E-state index is 0.0469. The fraction of sp³-hybridized carbons (Fsp3) is 0.615. The van der Waals surface area contributed by atoms with Crippen LogP contribution in [0.1, 0.15) is 35.8 Å². The third-order valence-corrected chi connectivity index (χ3v) is 6.03. The first-order chi connectivity index (χ1) is 9.93. The van der Waals surface area contributed by atoms with Crippen molar-refractivity contribution < 1.29 is 18.3 Å². The number of hydrogen-bond donors (Lipinski definition) is 2. The van der Waals surface area contributed by atoms with Gasteiger partial charge in [-0.2, -0.15) is 4.31 Å². The maximum absolute atomic E-state index is 12.6. The van der Waals surface area contributed by atoms with E-state index in [1.165, 1.54) is 16.6 Å². The zero-order valence-electron chi connectivity index (χ0n) is 11.6. The van der Waals surface area contributed by atoms with Crippen molar-refractivity contribution in [3.8, 4) is 0 Å². The van der Waals surface area contributed by atoms with Crippen molar-refractivity contribution in [3.05, 3.63) is 18.0 Å². The molecular weight excluding hydrogens is 294 g/mol. The van der Waals surface area contributed by atoms with Crippen molar-refractivity contribution in [2.24, 2.45) is 11.7 Å². The maximum atomic E-state index is 12.6. The van der Waals surface area contributed by atoms with E-state index in [0.717, 1.165) is 19.3 Å². The summed E-state index contributed by atoms with van der Waals surface area (Å²) >= 11 is 0. The van der Waals surface area contributed by atoms with Gasteiger partial charge in [0.2, 0.25) is 10.0 Å². The van der Waals surface area contributed by atoms with E-state index in [-0.39, 0.29) is 22.5 Å². The summed E-state index contributed by atoms with van der Waals surface area (Å²) < 4.78 is 28.2. The molecule has 2 heterocycles. The standard InChI is InChI=1S/C13H19N3O4S/c14-6-9-3-4-15(7-9)21(19,20)11-5-12(13(17)18)16(8-11)10-1-2-10/h5,8-10H,1-4,6-7,14H2,(H,17,18). The van der Waals surface area contributed by atoms with Crippen LogP contribution in [0.2, 0.25) is 0 Å². The van der Waals surface area contributed by atoms with Crippen molar-refractivity contribution in [2.45, 2.75) is 30.2 Å². The molecule has 1 aliphatic carbocycles. The molecule has 1 atom stereocenters. The number of aromatic carboxylic acids is 1. The van der Waals surface area contributed by atoms with E-state index < -0.39 is 16.0 Å². The normalized spacial score (nSPS) is 23.6. The Morgan fingerprint density at radius 3 is 2.62 bits per heavy atom. The molecule has 1 aliphatic heterocycles. The molecule has 2 aliphatic rings. The Morgan fingerprint density at radius 1 is 1.38 bits per heavy atom. The molecule has 8 heteroatoms. The van der Waals surface area contributed by atoms with E-state index in [9.17, 15) is 18.3 Å². The van der Waals surface area contributed by atoms with Gasteiger partial charge in [0.05, 0.1) is 0 Å². The average Bonchev–Trinajstić information content (AvgIpc) is 3.01. The van der Waals surface area contributed by atoms with Crippen LogP contribution >= 0.6 is 0 Å². The van der Waals surface area contributed by atoms with Gasteiger partial charge in [-0.1, -0.05) is 0 Å². The summed E-state index contributed by atoms with van der Waals surface area (Å²) in [5.74, 6) is -0.908. The van der Waals surface area contributed by atoms with Crippen LogP contribution in [0, 0.1) is 5.92 Å². The number of carboxylic acid groups (broad SMARTS) is 1. The van der Waals surface area contributed by atoms with Gasteiger partial charge in [-0.15, -0.1) is 0 Å². The van der Waals surface area contributed by atoms with Crippen LogP contribution in [-0.2, 0) is 10.0 Å². The lowest BCUT2D eigenvalue weighted by Crippen LogP contribution is -2.29. The maximum Gasteiger partial charge on any atom is 0.352 e. The number of nitrogens with two attached hydrogens (primary N) is 1. The molecule has 1 aromatic heterocycles. The molecule has 0 spiro atoms. The Labute approximate surface area is 123 Å². The first kappa shape index (κ1) is 14.6. The first-order valence-corrected chi connectivity index (χ1v) is 8.53. The Kier molecular flexibility index (Phi) is 3.54. The topological polar surface area (TPSA) is 106 Å². The number of nitrogens with zero attached hydrogens (tertiary/aromatic N) is 2. The number of hydrogen-bond acceptors (Lipinski definition) is 4. The lowest BCUT2D eigenvalue weighted by molar-refractivity contribution is 0.0685. The zero-order chi connectivity index (χ0) is 15.2. The Morgan fingerprint density at radius 2 is 2.10 bits per heavy atom. The molecule has 116 valence electrons. The molecule has 3 rings (SSSR count). The predicted octanol–water partition coefficient (Wildman–Crippen LogP) is 0.490. The Bertz CT molecular complexity index is 663. The number of carboxylic acids is 1. The number of carbonyl (C=O) groups is 1. The second-order valence-corrected chi connectivity index (χ2v) is 7.70. The molecular formula is C13H19N3O4S. The van der Waals surface area contributed by atoms with Gasteiger partial charge in [0.1, 0.15) is 10.6 Å². The molecule has 3 N–H and O–H groups in total. The molecule has 1 aromatic rings. The summed E-state index contributed by atoms with van der Waals surface area (Å²) in [4.78, 5) is 11.3. The SMILES string of the molecule is NCC1CCN(S(=O)(=O)c2cc(C(=O)O)n(C3CC3)c2)C1. The molecule has 1 saturated heterocycles. The molecule has 21 heavy (non-hydrogen) atoms. The van der Waals surface area contributed by atoms with Gasteiger partial charge in [0.15, 0.2) is 0 Å². The predicted molar refractivity (Wildman–Crippen MR) is 75.6 cm³/mol. The van der Waals surface area contributed by atoms with E-state index in [1.807, 2.05) is 0 Å². The number of aromatic nitrogens is 1. The van der Waals surface area contributed by atoms with Crippen LogP contribution in [0.3, 0.4) is 0 Å². The van der Waals surface area contributed by atoms with Crippen molar-refractivity contribution in [1.29, 1.82) is 0 Å². The molecule has 0 amide bonds.